The maximum atomic E-state index is 13.1. The van der Waals surface area contributed by atoms with E-state index in [0.29, 0.717) is 44.5 Å². The van der Waals surface area contributed by atoms with Crippen LogP contribution in [0.4, 0.5) is 5.69 Å². The summed E-state index contributed by atoms with van der Waals surface area (Å²) in [5.74, 6) is 0.177. The molecule has 0 aliphatic carbocycles. The topological polar surface area (TPSA) is 99.0 Å². The number of halogens is 1. The van der Waals surface area contributed by atoms with Gasteiger partial charge in [-0.15, -0.1) is 0 Å². The zero-order chi connectivity index (χ0) is 20.7. The van der Waals surface area contributed by atoms with Crippen LogP contribution in [0.2, 0.25) is 5.02 Å². The molecule has 30 heavy (non-hydrogen) atoms. The molecule has 1 amide bonds. The van der Waals surface area contributed by atoms with E-state index >= 15 is 0 Å². The van der Waals surface area contributed by atoms with Crippen molar-refractivity contribution in [3.8, 4) is 17.1 Å². The van der Waals surface area contributed by atoms with E-state index < -0.39 is 0 Å². The molecule has 0 atom stereocenters. The van der Waals surface area contributed by atoms with Gasteiger partial charge in [0.05, 0.1) is 33.6 Å². The minimum absolute atomic E-state index is 0.263. The van der Waals surface area contributed by atoms with Gasteiger partial charge in [-0.2, -0.15) is 5.10 Å². The van der Waals surface area contributed by atoms with E-state index in [1.807, 2.05) is 0 Å². The fourth-order valence-electron chi connectivity index (χ4n) is 3.20. The average molecular weight is 420 g/mol. The van der Waals surface area contributed by atoms with Crippen molar-refractivity contribution in [1.82, 2.24) is 19.9 Å². The molecule has 0 saturated heterocycles. The summed E-state index contributed by atoms with van der Waals surface area (Å²) in [4.78, 5) is 17.5. The van der Waals surface area contributed by atoms with Crippen LogP contribution in [0.5, 0.6) is 0 Å². The average Bonchev–Trinajstić information content (AvgIpc) is 3.50. The molecule has 9 heteroatoms. The predicted octanol–water partition coefficient (Wildman–Crippen LogP) is 4.88. The SMILES string of the molecule is Cc1noc2nc(-c3ccco3)cc(C(=O)Nc3ccc(-n4cccn4)c(Cl)c3)c12. The molecule has 0 aliphatic heterocycles. The molecule has 0 radical (unpaired) electrons. The first-order chi connectivity index (χ1) is 14.6. The van der Waals surface area contributed by atoms with Gasteiger partial charge >= 0.3 is 0 Å². The third kappa shape index (κ3) is 3.13. The molecule has 1 aromatic carbocycles. The van der Waals surface area contributed by atoms with Crippen molar-refractivity contribution >= 4 is 34.3 Å². The second-order valence-corrected chi connectivity index (χ2v) is 6.96. The van der Waals surface area contributed by atoms with Crippen LogP contribution in [-0.4, -0.2) is 25.8 Å². The van der Waals surface area contributed by atoms with Gasteiger partial charge in [0.1, 0.15) is 5.69 Å². The number of rotatable bonds is 4. The largest absolute Gasteiger partial charge is 0.463 e. The summed E-state index contributed by atoms with van der Waals surface area (Å²) >= 11 is 6.39. The number of nitrogens with one attached hydrogen (secondary N) is 1. The van der Waals surface area contributed by atoms with Crippen molar-refractivity contribution < 1.29 is 13.7 Å². The highest BCUT2D eigenvalue weighted by Gasteiger charge is 2.20. The zero-order valence-corrected chi connectivity index (χ0v) is 16.4. The fourth-order valence-corrected chi connectivity index (χ4v) is 3.47. The Balaban J connectivity index is 1.52. The molecule has 0 saturated carbocycles. The molecule has 4 heterocycles. The minimum atomic E-state index is -0.343. The molecule has 148 valence electrons. The van der Waals surface area contributed by atoms with Crippen molar-refractivity contribution in [2.75, 3.05) is 5.32 Å². The van der Waals surface area contributed by atoms with Gasteiger partial charge in [-0.05, 0) is 49.4 Å². The van der Waals surface area contributed by atoms with Crippen molar-refractivity contribution in [2.24, 2.45) is 0 Å². The molecule has 5 rings (SSSR count). The second-order valence-electron chi connectivity index (χ2n) is 6.55. The highest BCUT2D eigenvalue weighted by Crippen LogP contribution is 2.29. The molecule has 4 aromatic heterocycles. The molecular weight excluding hydrogens is 406 g/mol. The molecule has 5 aromatic rings. The number of hydrogen-bond donors (Lipinski definition) is 1. The number of carbonyl (C=O) groups is 1. The van der Waals surface area contributed by atoms with Crippen molar-refractivity contribution in [2.45, 2.75) is 6.92 Å². The number of furan rings is 1. The number of anilines is 1. The monoisotopic (exact) mass is 419 g/mol. The fraction of sp³-hybridized carbons (Fsp3) is 0.0476. The quantitative estimate of drug-likeness (QED) is 0.445. The molecule has 8 nitrogen and oxygen atoms in total. The number of fused-ring (bicyclic) bond motifs is 1. The lowest BCUT2D eigenvalue weighted by atomic mass is 10.1. The number of hydrogen-bond acceptors (Lipinski definition) is 6. The van der Waals surface area contributed by atoms with Gasteiger partial charge in [-0.3, -0.25) is 4.79 Å². The van der Waals surface area contributed by atoms with E-state index in [-0.39, 0.29) is 11.6 Å². The Bertz CT molecular complexity index is 1360. The van der Waals surface area contributed by atoms with E-state index in [2.05, 4.69) is 20.6 Å². The van der Waals surface area contributed by atoms with Crippen LogP contribution in [0, 0.1) is 6.92 Å². The number of aromatic nitrogens is 4. The molecule has 0 unspecified atom stereocenters. The number of aryl methyl sites for hydroxylation is 1. The Morgan fingerprint density at radius 1 is 1.20 bits per heavy atom. The first-order valence-electron chi connectivity index (χ1n) is 9.02. The van der Waals surface area contributed by atoms with Crippen LogP contribution < -0.4 is 5.32 Å². The van der Waals surface area contributed by atoms with Crippen molar-refractivity contribution in [3.63, 3.8) is 0 Å². The number of benzene rings is 1. The van der Waals surface area contributed by atoms with Crippen LogP contribution in [0.3, 0.4) is 0 Å². The lowest BCUT2D eigenvalue weighted by molar-refractivity contribution is 0.102. The van der Waals surface area contributed by atoms with E-state index in [4.69, 9.17) is 20.5 Å². The smallest absolute Gasteiger partial charge is 0.259 e. The highest BCUT2D eigenvalue weighted by molar-refractivity contribution is 6.32. The predicted molar refractivity (Wildman–Crippen MR) is 111 cm³/mol. The molecule has 0 fully saturated rings. The standard InChI is InChI=1S/C21H14ClN5O3/c1-12-19-14(11-16(18-4-2-9-29-18)25-21(19)30-26-12)20(28)24-13-5-6-17(15(22)10-13)27-8-3-7-23-27/h2-11H,1H3,(H,24,28). The minimum Gasteiger partial charge on any atom is -0.463 e. The first kappa shape index (κ1) is 18.1. The first-order valence-corrected chi connectivity index (χ1v) is 9.40. The Morgan fingerprint density at radius 2 is 2.10 bits per heavy atom. The summed E-state index contributed by atoms with van der Waals surface area (Å²) in [7, 11) is 0. The van der Waals surface area contributed by atoms with Gasteiger partial charge in [-0.1, -0.05) is 16.8 Å². The third-order valence-electron chi connectivity index (χ3n) is 4.59. The van der Waals surface area contributed by atoms with E-state index in [1.165, 1.54) is 6.26 Å². The Labute approximate surface area is 175 Å². The maximum absolute atomic E-state index is 13.1. The summed E-state index contributed by atoms with van der Waals surface area (Å²) in [5, 5.41) is 12.0. The number of carbonyl (C=O) groups excluding carboxylic acids is 1. The van der Waals surface area contributed by atoms with Crippen LogP contribution in [0.25, 0.3) is 28.2 Å². The molecule has 1 N–H and O–H groups in total. The van der Waals surface area contributed by atoms with Gasteiger partial charge in [-0.25, -0.2) is 9.67 Å². The van der Waals surface area contributed by atoms with Gasteiger partial charge < -0.3 is 14.3 Å². The van der Waals surface area contributed by atoms with Crippen LogP contribution >= 0.6 is 11.6 Å². The van der Waals surface area contributed by atoms with Gasteiger partial charge in [0.15, 0.2) is 5.76 Å². The molecular formula is C21H14ClN5O3. The summed E-state index contributed by atoms with van der Waals surface area (Å²) in [6, 6.07) is 12.2. The zero-order valence-electron chi connectivity index (χ0n) is 15.7. The summed E-state index contributed by atoms with van der Waals surface area (Å²) in [6.07, 6.45) is 4.99. The molecule has 0 bridgehead atoms. The highest BCUT2D eigenvalue weighted by atomic mass is 35.5. The molecule has 0 spiro atoms. The van der Waals surface area contributed by atoms with Crippen LogP contribution in [-0.2, 0) is 0 Å². The number of pyridine rings is 1. The van der Waals surface area contributed by atoms with Gasteiger partial charge in [0.25, 0.3) is 11.6 Å². The Morgan fingerprint density at radius 3 is 2.83 bits per heavy atom. The molecule has 0 aliphatic rings. The van der Waals surface area contributed by atoms with Crippen molar-refractivity contribution in [1.29, 1.82) is 0 Å². The maximum Gasteiger partial charge on any atom is 0.259 e. The van der Waals surface area contributed by atoms with Crippen molar-refractivity contribution in [3.05, 3.63) is 77.4 Å². The van der Waals surface area contributed by atoms with Gasteiger partial charge in [0, 0.05) is 18.1 Å². The summed E-state index contributed by atoms with van der Waals surface area (Å²) in [5.41, 5.74) is 2.93. The van der Waals surface area contributed by atoms with Gasteiger partial charge in [0.2, 0.25) is 0 Å². The third-order valence-corrected chi connectivity index (χ3v) is 4.89. The van der Waals surface area contributed by atoms with E-state index in [0.717, 1.165) is 0 Å². The summed E-state index contributed by atoms with van der Waals surface area (Å²) in [6.45, 7) is 1.76. The Kier molecular flexibility index (Phi) is 4.33. The normalized spacial score (nSPS) is 11.1. The van der Waals surface area contributed by atoms with Crippen LogP contribution in [0.1, 0.15) is 16.1 Å². The number of amides is 1. The lowest BCUT2D eigenvalue weighted by Crippen LogP contribution is -2.13. The van der Waals surface area contributed by atoms with Crippen LogP contribution in [0.15, 0.2) is 70.1 Å². The van der Waals surface area contributed by atoms with E-state index in [1.54, 1.807) is 66.5 Å². The number of nitrogens with zero attached hydrogens (tertiary/aromatic N) is 4. The second kappa shape index (κ2) is 7.16. The summed E-state index contributed by atoms with van der Waals surface area (Å²) < 4.78 is 12.4. The lowest BCUT2D eigenvalue weighted by Gasteiger charge is -2.10. The van der Waals surface area contributed by atoms with E-state index in [9.17, 15) is 4.79 Å². The Hall–Kier alpha value is -3.91.